The van der Waals surface area contributed by atoms with Crippen molar-refractivity contribution >= 4 is 46.0 Å². The van der Waals surface area contributed by atoms with E-state index in [-0.39, 0.29) is 23.6 Å². The summed E-state index contributed by atoms with van der Waals surface area (Å²) >= 11 is 5.10. The van der Waals surface area contributed by atoms with Crippen LogP contribution in [0, 0.1) is 0 Å². The molecule has 0 aliphatic carbocycles. The summed E-state index contributed by atoms with van der Waals surface area (Å²) in [6, 6.07) is 8.58. The highest BCUT2D eigenvalue weighted by Crippen LogP contribution is 2.27. The molecule has 0 aromatic heterocycles. The van der Waals surface area contributed by atoms with Crippen molar-refractivity contribution in [2.45, 2.75) is 49.3 Å². The van der Waals surface area contributed by atoms with Gasteiger partial charge in [-0.2, -0.15) is 0 Å². The highest BCUT2D eigenvalue weighted by atomic mass is 79.9. The lowest BCUT2D eigenvalue weighted by Gasteiger charge is -2.36. The summed E-state index contributed by atoms with van der Waals surface area (Å²) in [6.07, 6.45) is 3.16. The lowest BCUT2D eigenvalue weighted by molar-refractivity contribution is -0.133. The summed E-state index contributed by atoms with van der Waals surface area (Å²) in [7, 11) is 0. The molecule has 0 bridgehead atoms. The van der Waals surface area contributed by atoms with Crippen LogP contribution in [0.3, 0.4) is 0 Å². The van der Waals surface area contributed by atoms with Crippen molar-refractivity contribution in [2.75, 3.05) is 19.6 Å². The molecule has 1 aliphatic rings. The van der Waals surface area contributed by atoms with Crippen LogP contribution in [0.5, 0.6) is 0 Å². The van der Waals surface area contributed by atoms with Crippen LogP contribution >= 0.6 is 40.1 Å². The molecule has 2 rings (SSSR count). The van der Waals surface area contributed by atoms with Gasteiger partial charge in [0, 0.05) is 22.0 Å². The van der Waals surface area contributed by atoms with Gasteiger partial charge >= 0.3 is 0 Å². The smallest absolute Gasteiger partial charge is 0.236 e. The number of benzene rings is 1. The summed E-state index contributed by atoms with van der Waals surface area (Å²) < 4.78 is 1.07. The Morgan fingerprint density at radius 2 is 1.96 bits per heavy atom. The van der Waals surface area contributed by atoms with Crippen molar-refractivity contribution in [2.24, 2.45) is 0 Å². The van der Waals surface area contributed by atoms with E-state index < -0.39 is 0 Å². The van der Waals surface area contributed by atoms with Gasteiger partial charge in [-0.1, -0.05) is 22.9 Å². The van der Waals surface area contributed by atoms with E-state index in [9.17, 15) is 4.79 Å². The zero-order valence-electron chi connectivity index (χ0n) is 13.8. The third-order valence-corrected chi connectivity index (χ3v) is 5.60. The molecular weight excluding hydrogens is 396 g/mol. The Labute approximate surface area is 158 Å². The fourth-order valence-corrected chi connectivity index (χ4v) is 4.04. The third-order valence-electron chi connectivity index (χ3n) is 3.97. The first-order valence-electron chi connectivity index (χ1n) is 8.05. The third kappa shape index (κ3) is 6.29. The maximum absolute atomic E-state index is 12.9. The SMILES string of the molecule is CCCN(C(=O)C(C)Sc1ccc(Br)cc1)C1CCNCC1.Cl. The van der Waals surface area contributed by atoms with Gasteiger partial charge < -0.3 is 10.2 Å². The second kappa shape index (κ2) is 10.6. The lowest BCUT2D eigenvalue weighted by atomic mass is 10.0. The first kappa shape index (κ1) is 20.8. The molecule has 1 atom stereocenters. The van der Waals surface area contributed by atoms with E-state index in [2.05, 4.69) is 45.2 Å². The number of nitrogens with one attached hydrogen (secondary N) is 1. The zero-order valence-corrected chi connectivity index (χ0v) is 17.0. The second-order valence-corrected chi connectivity index (χ2v) is 8.06. The van der Waals surface area contributed by atoms with Crippen molar-refractivity contribution in [1.29, 1.82) is 0 Å². The molecule has 1 unspecified atom stereocenters. The van der Waals surface area contributed by atoms with Crippen molar-refractivity contribution in [3.05, 3.63) is 28.7 Å². The van der Waals surface area contributed by atoms with Crippen LogP contribution in [0.4, 0.5) is 0 Å². The van der Waals surface area contributed by atoms with Gasteiger partial charge in [-0.05, 0) is 63.5 Å². The number of nitrogens with zero attached hydrogens (tertiary/aromatic N) is 1. The Kier molecular flexibility index (Phi) is 9.59. The molecule has 1 fully saturated rings. The van der Waals surface area contributed by atoms with Crippen LogP contribution in [0.15, 0.2) is 33.6 Å². The average Bonchev–Trinajstić information content (AvgIpc) is 2.55. The van der Waals surface area contributed by atoms with E-state index in [1.807, 2.05) is 19.1 Å². The Hall–Kier alpha value is -0.230. The molecule has 0 spiro atoms. The minimum Gasteiger partial charge on any atom is -0.339 e. The lowest BCUT2D eigenvalue weighted by Crippen LogP contribution is -2.48. The van der Waals surface area contributed by atoms with E-state index >= 15 is 0 Å². The Morgan fingerprint density at radius 3 is 2.52 bits per heavy atom. The maximum atomic E-state index is 12.9. The summed E-state index contributed by atoms with van der Waals surface area (Å²) in [6.45, 7) is 7.08. The summed E-state index contributed by atoms with van der Waals surface area (Å²) in [5, 5.41) is 3.34. The van der Waals surface area contributed by atoms with Gasteiger partial charge in [0.2, 0.25) is 5.91 Å². The number of rotatable bonds is 6. The molecular formula is C17H26BrClN2OS. The Bertz CT molecular complexity index is 480. The molecule has 1 aromatic carbocycles. The number of carbonyl (C=O) groups excluding carboxylic acids is 1. The Morgan fingerprint density at radius 1 is 1.35 bits per heavy atom. The van der Waals surface area contributed by atoms with Gasteiger partial charge in [0.25, 0.3) is 0 Å². The number of halogens is 2. The fraction of sp³-hybridized carbons (Fsp3) is 0.588. The molecule has 1 aliphatic heterocycles. The molecule has 1 heterocycles. The highest BCUT2D eigenvalue weighted by Gasteiger charge is 2.28. The fourth-order valence-electron chi connectivity index (χ4n) is 2.83. The standard InChI is InChI=1S/C17H25BrN2OS.ClH/c1-3-12-20(15-8-10-19-11-9-15)17(21)13(2)22-16-6-4-14(18)5-7-16;/h4-7,13,15,19H,3,8-12H2,1-2H3;1H. The molecule has 1 saturated heterocycles. The number of hydrogen-bond donors (Lipinski definition) is 1. The minimum absolute atomic E-state index is 0. The molecule has 23 heavy (non-hydrogen) atoms. The summed E-state index contributed by atoms with van der Waals surface area (Å²) in [4.78, 5) is 16.1. The van der Waals surface area contributed by atoms with Crippen LogP contribution in [0.1, 0.15) is 33.1 Å². The molecule has 6 heteroatoms. The van der Waals surface area contributed by atoms with Gasteiger partial charge in [-0.15, -0.1) is 24.2 Å². The van der Waals surface area contributed by atoms with Crippen molar-refractivity contribution in [3.63, 3.8) is 0 Å². The Balaban J connectivity index is 0.00000264. The zero-order chi connectivity index (χ0) is 15.9. The van der Waals surface area contributed by atoms with Crippen LogP contribution in [0.2, 0.25) is 0 Å². The topological polar surface area (TPSA) is 32.3 Å². The normalized spacial score (nSPS) is 16.5. The molecule has 130 valence electrons. The van der Waals surface area contributed by atoms with Crippen LogP contribution < -0.4 is 5.32 Å². The first-order chi connectivity index (χ1) is 10.6. The van der Waals surface area contributed by atoms with Crippen LogP contribution in [0.25, 0.3) is 0 Å². The predicted molar refractivity (Wildman–Crippen MR) is 105 cm³/mol. The summed E-state index contributed by atoms with van der Waals surface area (Å²) in [5.41, 5.74) is 0. The molecule has 0 saturated carbocycles. The largest absolute Gasteiger partial charge is 0.339 e. The van der Waals surface area contributed by atoms with Gasteiger partial charge in [0.05, 0.1) is 5.25 Å². The van der Waals surface area contributed by atoms with Crippen molar-refractivity contribution < 1.29 is 4.79 Å². The molecule has 1 N–H and O–H groups in total. The van der Waals surface area contributed by atoms with Gasteiger partial charge in [-0.3, -0.25) is 4.79 Å². The second-order valence-electron chi connectivity index (χ2n) is 5.73. The molecule has 1 amide bonds. The average molecular weight is 422 g/mol. The monoisotopic (exact) mass is 420 g/mol. The van der Waals surface area contributed by atoms with Crippen LogP contribution in [-0.2, 0) is 4.79 Å². The molecule has 1 aromatic rings. The van der Waals surface area contributed by atoms with E-state index in [1.54, 1.807) is 11.8 Å². The van der Waals surface area contributed by atoms with Gasteiger partial charge in [-0.25, -0.2) is 0 Å². The first-order valence-corrected chi connectivity index (χ1v) is 9.72. The number of hydrogen-bond acceptors (Lipinski definition) is 3. The number of piperidine rings is 1. The van der Waals surface area contributed by atoms with E-state index in [1.165, 1.54) is 0 Å². The van der Waals surface area contributed by atoms with Crippen molar-refractivity contribution in [1.82, 2.24) is 10.2 Å². The van der Waals surface area contributed by atoms with Crippen LogP contribution in [-0.4, -0.2) is 41.7 Å². The number of carbonyl (C=O) groups is 1. The highest BCUT2D eigenvalue weighted by molar-refractivity contribution is 9.10. The van der Waals surface area contributed by atoms with E-state index in [0.717, 1.165) is 48.3 Å². The quantitative estimate of drug-likeness (QED) is 0.693. The van der Waals surface area contributed by atoms with Gasteiger partial charge in [0.1, 0.15) is 0 Å². The molecule has 3 nitrogen and oxygen atoms in total. The van der Waals surface area contributed by atoms with E-state index in [0.29, 0.717) is 6.04 Å². The number of thioether (sulfide) groups is 1. The number of amides is 1. The predicted octanol–water partition coefficient (Wildman–Crippen LogP) is 4.34. The van der Waals surface area contributed by atoms with Gasteiger partial charge in [0.15, 0.2) is 0 Å². The minimum atomic E-state index is -0.0392. The maximum Gasteiger partial charge on any atom is 0.236 e. The van der Waals surface area contributed by atoms with E-state index in [4.69, 9.17) is 0 Å². The van der Waals surface area contributed by atoms with Crippen molar-refractivity contribution in [3.8, 4) is 0 Å². The summed E-state index contributed by atoms with van der Waals surface area (Å²) in [5.74, 6) is 0.279. The molecule has 0 radical (unpaired) electrons.